The van der Waals surface area contributed by atoms with E-state index in [4.69, 9.17) is 0 Å². The molecular weight excluding hydrogens is 262 g/mol. The van der Waals surface area contributed by atoms with Crippen molar-refractivity contribution in [2.24, 2.45) is 5.92 Å². The van der Waals surface area contributed by atoms with E-state index >= 15 is 0 Å². The number of likely N-dealkylation sites (tertiary alicyclic amines) is 1. The van der Waals surface area contributed by atoms with Gasteiger partial charge >= 0.3 is 0 Å². The molecule has 1 aromatic carbocycles. The topological polar surface area (TPSA) is 37.4 Å². The number of hydrogen-bond donors (Lipinski definition) is 0. The van der Waals surface area contributed by atoms with Crippen LogP contribution < -0.4 is 0 Å². The zero-order chi connectivity index (χ0) is 15.4. The van der Waals surface area contributed by atoms with Gasteiger partial charge in [-0.2, -0.15) is 0 Å². The summed E-state index contributed by atoms with van der Waals surface area (Å²) in [6, 6.07) is 7.91. The second kappa shape index (κ2) is 6.99. The molecule has 0 N–H and O–H groups in total. The number of carbonyl (C=O) groups excluding carboxylic acids is 2. The Kier molecular flexibility index (Phi) is 5.29. The maximum Gasteiger partial charge on any atom is 0.176 e. The van der Waals surface area contributed by atoms with Crippen LogP contribution in [0.25, 0.3) is 0 Å². The van der Waals surface area contributed by atoms with E-state index in [-0.39, 0.29) is 11.7 Å². The van der Waals surface area contributed by atoms with Crippen molar-refractivity contribution in [2.45, 2.75) is 39.5 Å². The molecule has 2 rings (SSSR count). The molecule has 0 spiro atoms. The van der Waals surface area contributed by atoms with Crippen LogP contribution >= 0.6 is 0 Å². The summed E-state index contributed by atoms with van der Waals surface area (Å²) in [7, 11) is 0. The van der Waals surface area contributed by atoms with Crippen molar-refractivity contribution in [3.63, 3.8) is 0 Å². The lowest BCUT2D eigenvalue weighted by atomic mass is 9.93. The number of benzene rings is 1. The number of nitrogens with zero attached hydrogens (tertiary/aromatic N) is 1. The molecule has 0 aliphatic carbocycles. The third kappa shape index (κ3) is 4.01. The number of carbonyl (C=O) groups is 2. The largest absolute Gasteiger partial charge is 0.299 e. The van der Waals surface area contributed by atoms with Gasteiger partial charge in [0.1, 0.15) is 5.78 Å². The number of rotatable bonds is 5. The van der Waals surface area contributed by atoms with Crippen molar-refractivity contribution in [1.82, 2.24) is 4.90 Å². The van der Waals surface area contributed by atoms with Gasteiger partial charge in [-0.15, -0.1) is 0 Å². The van der Waals surface area contributed by atoms with E-state index in [9.17, 15) is 9.59 Å². The lowest BCUT2D eigenvalue weighted by Crippen LogP contribution is -2.42. The SMILES string of the molecule is CCC1CN(CC(=O)c2ccc(C(C)C)cc2)CCC1=O. The number of Topliss-reactive ketones (excluding diaryl/α,β-unsaturated/α-hetero) is 2. The molecule has 1 aromatic rings. The van der Waals surface area contributed by atoms with Crippen molar-refractivity contribution in [1.29, 1.82) is 0 Å². The molecule has 0 aromatic heterocycles. The summed E-state index contributed by atoms with van der Waals surface area (Å²) in [5.74, 6) is 1.08. The van der Waals surface area contributed by atoms with Gasteiger partial charge in [-0.3, -0.25) is 14.5 Å². The van der Waals surface area contributed by atoms with Crippen molar-refractivity contribution in [3.05, 3.63) is 35.4 Å². The van der Waals surface area contributed by atoms with Gasteiger partial charge in [-0.05, 0) is 17.9 Å². The predicted molar refractivity (Wildman–Crippen MR) is 84.7 cm³/mol. The fourth-order valence-electron chi connectivity index (χ4n) is 2.83. The molecule has 1 aliphatic rings. The Balaban J connectivity index is 1.96. The van der Waals surface area contributed by atoms with Crippen LogP contribution in [0.4, 0.5) is 0 Å². The summed E-state index contributed by atoms with van der Waals surface area (Å²) in [5, 5.41) is 0. The Labute approximate surface area is 127 Å². The van der Waals surface area contributed by atoms with Gasteiger partial charge < -0.3 is 0 Å². The summed E-state index contributed by atoms with van der Waals surface area (Å²) in [4.78, 5) is 26.2. The first kappa shape index (κ1) is 15.9. The van der Waals surface area contributed by atoms with Crippen molar-refractivity contribution < 1.29 is 9.59 Å². The minimum absolute atomic E-state index is 0.106. The Hall–Kier alpha value is -1.48. The quantitative estimate of drug-likeness (QED) is 0.780. The monoisotopic (exact) mass is 287 g/mol. The van der Waals surface area contributed by atoms with E-state index in [1.54, 1.807) is 0 Å². The van der Waals surface area contributed by atoms with Crippen molar-refractivity contribution in [2.75, 3.05) is 19.6 Å². The molecule has 1 saturated heterocycles. The highest BCUT2D eigenvalue weighted by Crippen LogP contribution is 2.18. The molecule has 0 saturated carbocycles. The zero-order valence-electron chi connectivity index (χ0n) is 13.3. The van der Waals surface area contributed by atoms with Gasteiger partial charge in [0.05, 0.1) is 6.54 Å². The van der Waals surface area contributed by atoms with E-state index in [0.29, 0.717) is 31.2 Å². The molecule has 1 atom stereocenters. The van der Waals surface area contributed by atoms with E-state index < -0.39 is 0 Å². The molecule has 1 heterocycles. The van der Waals surface area contributed by atoms with Gasteiger partial charge in [-0.25, -0.2) is 0 Å². The second-order valence-electron chi connectivity index (χ2n) is 6.26. The van der Waals surface area contributed by atoms with Crippen LogP contribution in [0.15, 0.2) is 24.3 Å². The van der Waals surface area contributed by atoms with Crippen LogP contribution in [0.2, 0.25) is 0 Å². The average Bonchev–Trinajstić information content (AvgIpc) is 2.49. The van der Waals surface area contributed by atoms with Crippen LogP contribution in [0.3, 0.4) is 0 Å². The highest BCUT2D eigenvalue weighted by Gasteiger charge is 2.26. The molecule has 1 fully saturated rings. The third-order valence-corrected chi connectivity index (χ3v) is 4.37. The Morgan fingerprint density at radius 1 is 1.29 bits per heavy atom. The first-order chi connectivity index (χ1) is 10.0. The van der Waals surface area contributed by atoms with Gasteiger partial charge in [0, 0.05) is 31.0 Å². The van der Waals surface area contributed by atoms with Gasteiger partial charge in [0.2, 0.25) is 0 Å². The summed E-state index contributed by atoms with van der Waals surface area (Å²) >= 11 is 0. The maximum absolute atomic E-state index is 12.3. The van der Waals surface area contributed by atoms with E-state index in [2.05, 4.69) is 18.7 Å². The number of piperidine rings is 1. The Morgan fingerprint density at radius 2 is 1.95 bits per heavy atom. The normalized spacial score (nSPS) is 20.0. The molecule has 3 heteroatoms. The lowest BCUT2D eigenvalue weighted by Gasteiger charge is -2.30. The standard InChI is InChI=1S/C18H25NO2/c1-4-14-11-19(10-9-17(14)20)12-18(21)16-7-5-15(6-8-16)13(2)3/h5-8,13-14H,4,9-12H2,1-3H3. The molecular formula is C18H25NO2. The average molecular weight is 287 g/mol. The summed E-state index contributed by atoms with van der Waals surface area (Å²) in [5.41, 5.74) is 2.02. The van der Waals surface area contributed by atoms with E-state index in [0.717, 1.165) is 18.5 Å². The molecule has 3 nitrogen and oxygen atoms in total. The minimum atomic E-state index is 0.106. The van der Waals surface area contributed by atoms with E-state index in [1.165, 1.54) is 5.56 Å². The zero-order valence-corrected chi connectivity index (χ0v) is 13.3. The van der Waals surface area contributed by atoms with Crippen LogP contribution in [-0.4, -0.2) is 36.1 Å². The second-order valence-corrected chi connectivity index (χ2v) is 6.26. The summed E-state index contributed by atoms with van der Waals surface area (Å²) in [6.45, 7) is 8.19. The first-order valence-electron chi connectivity index (χ1n) is 7.89. The lowest BCUT2D eigenvalue weighted by molar-refractivity contribution is -0.126. The van der Waals surface area contributed by atoms with Crippen molar-refractivity contribution in [3.8, 4) is 0 Å². The number of ketones is 2. The van der Waals surface area contributed by atoms with Gasteiger partial charge in [-0.1, -0.05) is 45.0 Å². The molecule has 21 heavy (non-hydrogen) atoms. The van der Waals surface area contributed by atoms with Gasteiger partial charge in [0.25, 0.3) is 0 Å². The Bertz CT molecular complexity index is 504. The molecule has 114 valence electrons. The molecule has 0 bridgehead atoms. The number of hydrogen-bond acceptors (Lipinski definition) is 3. The highest BCUT2D eigenvalue weighted by atomic mass is 16.1. The third-order valence-electron chi connectivity index (χ3n) is 4.37. The molecule has 1 unspecified atom stereocenters. The van der Waals surface area contributed by atoms with E-state index in [1.807, 2.05) is 31.2 Å². The Morgan fingerprint density at radius 3 is 2.52 bits per heavy atom. The van der Waals surface area contributed by atoms with Gasteiger partial charge in [0.15, 0.2) is 5.78 Å². The molecule has 0 radical (unpaired) electrons. The molecule has 1 aliphatic heterocycles. The minimum Gasteiger partial charge on any atom is -0.299 e. The van der Waals surface area contributed by atoms with Crippen molar-refractivity contribution >= 4 is 11.6 Å². The van der Waals surface area contributed by atoms with Crippen LogP contribution in [0.5, 0.6) is 0 Å². The fourth-order valence-corrected chi connectivity index (χ4v) is 2.83. The van der Waals surface area contributed by atoms with Crippen LogP contribution in [0, 0.1) is 5.92 Å². The van der Waals surface area contributed by atoms with Crippen LogP contribution in [-0.2, 0) is 4.79 Å². The summed E-state index contributed by atoms with van der Waals surface area (Å²) < 4.78 is 0. The first-order valence-corrected chi connectivity index (χ1v) is 7.89. The highest BCUT2D eigenvalue weighted by molar-refractivity contribution is 5.97. The smallest absolute Gasteiger partial charge is 0.176 e. The predicted octanol–water partition coefficient (Wildman–Crippen LogP) is 3.29. The van der Waals surface area contributed by atoms with Crippen LogP contribution in [0.1, 0.15) is 55.5 Å². The fraction of sp³-hybridized carbons (Fsp3) is 0.556. The molecule has 0 amide bonds. The maximum atomic E-state index is 12.3. The summed E-state index contributed by atoms with van der Waals surface area (Å²) in [6.07, 6.45) is 1.45.